The van der Waals surface area contributed by atoms with Crippen molar-refractivity contribution < 1.29 is 28.6 Å². The lowest BCUT2D eigenvalue weighted by Gasteiger charge is -2.33. The van der Waals surface area contributed by atoms with E-state index < -0.39 is 23.3 Å². The van der Waals surface area contributed by atoms with Crippen LogP contribution in [0.25, 0.3) is 0 Å². The third-order valence-corrected chi connectivity index (χ3v) is 5.25. The highest BCUT2D eigenvalue weighted by atomic mass is 16.7. The topological polar surface area (TPSA) is 106 Å². The fourth-order valence-corrected chi connectivity index (χ4v) is 3.53. The van der Waals surface area contributed by atoms with E-state index in [1.54, 1.807) is 4.90 Å². The predicted octanol–water partition coefficient (Wildman–Crippen LogP) is 3.88. The number of anilines is 2. The van der Waals surface area contributed by atoms with Crippen LogP contribution in [-0.4, -0.2) is 54.0 Å². The van der Waals surface area contributed by atoms with Crippen molar-refractivity contribution >= 4 is 29.4 Å². The number of likely N-dealkylation sites (tertiary alicyclic amines) is 1. The van der Waals surface area contributed by atoms with Gasteiger partial charge in [-0.25, -0.2) is 14.4 Å². The number of esters is 2. The van der Waals surface area contributed by atoms with Crippen molar-refractivity contribution in [2.24, 2.45) is 5.92 Å². The van der Waals surface area contributed by atoms with Crippen molar-refractivity contribution in [3.63, 3.8) is 0 Å². The van der Waals surface area contributed by atoms with E-state index in [4.69, 9.17) is 14.2 Å². The summed E-state index contributed by atoms with van der Waals surface area (Å²) in [6, 6.07) is 7.51. The Morgan fingerprint density at radius 2 is 1.64 bits per heavy atom. The highest BCUT2D eigenvalue weighted by Gasteiger charge is 2.39. The fraction of sp³-hybridized carbons (Fsp3) is 0.542. The molecule has 0 saturated carbocycles. The molecule has 0 spiro atoms. The maximum absolute atomic E-state index is 12.2. The number of cyclic esters (lactones) is 2. The number of rotatable bonds is 5. The molecular weight excluding hydrogens is 426 g/mol. The van der Waals surface area contributed by atoms with Crippen LogP contribution in [0.5, 0.6) is 0 Å². The number of hydrogen-bond donors (Lipinski definition) is 2. The van der Waals surface area contributed by atoms with Crippen LogP contribution in [0.2, 0.25) is 0 Å². The first-order valence-electron chi connectivity index (χ1n) is 11.2. The second-order valence-electron chi connectivity index (χ2n) is 9.75. The molecule has 2 heterocycles. The van der Waals surface area contributed by atoms with E-state index in [2.05, 4.69) is 10.6 Å². The largest absolute Gasteiger partial charge is 0.444 e. The Labute approximate surface area is 194 Å². The van der Waals surface area contributed by atoms with Gasteiger partial charge in [0, 0.05) is 51.1 Å². The van der Waals surface area contributed by atoms with Crippen molar-refractivity contribution in [1.82, 2.24) is 4.90 Å². The van der Waals surface area contributed by atoms with Crippen LogP contribution >= 0.6 is 0 Å². The van der Waals surface area contributed by atoms with E-state index in [1.165, 1.54) is 20.0 Å². The zero-order chi connectivity index (χ0) is 24.2. The fourth-order valence-electron chi connectivity index (χ4n) is 3.53. The Bertz CT molecular complexity index is 887. The lowest BCUT2D eigenvalue weighted by atomic mass is 9.97. The molecule has 1 aromatic rings. The zero-order valence-electron chi connectivity index (χ0n) is 19.9. The van der Waals surface area contributed by atoms with Crippen LogP contribution in [0.1, 0.15) is 47.5 Å². The Kier molecular flexibility index (Phi) is 7.19. The Morgan fingerprint density at radius 1 is 1.09 bits per heavy atom. The van der Waals surface area contributed by atoms with Gasteiger partial charge in [-0.1, -0.05) is 0 Å². The molecule has 0 unspecified atom stereocenters. The average molecular weight is 460 g/mol. The molecule has 33 heavy (non-hydrogen) atoms. The minimum Gasteiger partial charge on any atom is -0.444 e. The number of hydrogen-bond acceptors (Lipinski definition) is 8. The Hall–Kier alpha value is -3.23. The summed E-state index contributed by atoms with van der Waals surface area (Å²) < 4.78 is 15.6. The van der Waals surface area contributed by atoms with Crippen molar-refractivity contribution in [2.45, 2.75) is 58.8 Å². The van der Waals surface area contributed by atoms with Crippen LogP contribution in [0.4, 0.5) is 16.2 Å². The summed E-state index contributed by atoms with van der Waals surface area (Å²) in [4.78, 5) is 37.9. The molecule has 1 aromatic carbocycles. The summed E-state index contributed by atoms with van der Waals surface area (Å²) in [5, 5.41) is 6.35. The third-order valence-electron chi connectivity index (χ3n) is 5.25. The smallest absolute Gasteiger partial charge is 0.410 e. The van der Waals surface area contributed by atoms with Gasteiger partial charge in [0.15, 0.2) is 5.57 Å². The summed E-state index contributed by atoms with van der Waals surface area (Å²) in [7, 11) is 0. The number of amides is 1. The maximum atomic E-state index is 12.2. The molecule has 2 aliphatic heterocycles. The van der Waals surface area contributed by atoms with Crippen molar-refractivity contribution in [1.29, 1.82) is 0 Å². The van der Waals surface area contributed by atoms with Gasteiger partial charge in [0.05, 0.1) is 0 Å². The highest BCUT2D eigenvalue weighted by molar-refractivity contribution is 6.15. The molecule has 3 rings (SSSR count). The summed E-state index contributed by atoms with van der Waals surface area (Å²) in [5.74, 6) is -2.23. The minimum absolute atomic E-state index is 0.186. The number of piperidine rings is 1. The van der Waals surface area contributed by atoms with Crippen molar-refractivity contribution in [2.75, 3.05) is 30.3 Å². The SMILES string of the molecule is CC(C)(C)OC(=O)N1CCC(CNc2ccc(NC=C3C(=O)OC(C)(C)OC3=O)cc2)CC1. The van der Waals surface area contributed by atoms with Gasteiger partial charge in [0.1, 0.15) is 5.60 Å². The highest BCUT2D eigenvalue weighted by Crippen LogP contribution is 2.24. The molecule has 9 heteroatoms. The van der Waals surface area contributed by atoms with Crippen LogP contribution in [0.15, 0.2) is 36.0 Å². The van der Waals surface area contributed by atoms with E-state index in [-0.39, 0.29) is 11.7 Å². The summed E-state index contributed by atoms with van der Waals surface area (Å²) in [6.45, 7) is 10.8. The monoisotopic (exact) mass is 459 g/mol. The summed E-state index contributed by atoms with van der Waals surface area (Å²) in [6.07, 6.45) is 2.89. The molecule has 0 atom stereocenters. The number of nitrogens with zero attached hydrogens (tertiary/aromatic N) is 1. The van der Waals surface area contributed by atoms with Gasteiger partial charge in [0.25, 0.3) is 5.79 Å². The Morgan fingerprint density at radius 3 is 2.18 bits per heavy atom. The molecule has 2 N–H and O–H groups in total. The molecule has 0 aromatic heterocycles. The molecule has 2 saturated heterocycles. The first-order chi connectivity index (χ1) is 15.4. The van der Waals surface area contributed by atoms with Crippen LogP contribution in [0.3, 0.4) is 0 Å². The van der Waals surface area contributed by atoms with Crippen LogP contribution in [-0.2, 0) is 23.8 Å². The van der Waals surface area contributed by atoms with Crippen molar-refractivity contribution in [3.05, 3.63) is 36.0 Å². The van der Waals surface area contributed by atoms with E-state index in [0.29, 0.717) is 24.7 Å². The predicted molar refractivity (Wildman–Crippen MR) is 123 cm³/mol. The van der Waals surface area contributed by atoms with E-state index in [9.17, 15) is 14.4 Å². The van der Waals surface area contributed by atoms with Gasteiger partial charge in [-0.05, 0) is 63.8 Å². The number of ether oxygens (including phenoxy) is 3. The molecule has 0 aliphatic carbocycles. The third kappa shape index (κ3) is 7.13. The quantitative estimate of drug-likeness (QED) is 0.388. The average Bonchev–Trinajstić information content (AvgIpc) is 2.71. The number of carbonyl (C=O) groups is 3. The molecule has 1 amide bonds. The van der Waals surface area contributed by atoms with E-state index in [1.807, 2.05) is 45.0 Å². The lowest BCUT2D eigenvalue weighted by Crippen LogP contribution is -2.42. The summed E-state index contributed by atoms with van der Waals surface area (Å²) in [5.41, 5.74) is 1.01. The molecule has 2 aliphatic rings. The van der Waals surface area contributed by atoms with Gasteiger partial charge in [-0.15, -0.1) is 0 Å². The summed E-state index contributed by atoms with van der Waals surface area (Å²) >= 11 is 0. The van der Waals surface area contributed by atoms with E-state index in [0.717, 1.165) is 25.1 Å². The maximum Gasteiger partial charge on any atom is 0.410 e. The zero-order valence-corrected chi connectivity index (χ0v) is 19.9. The van der Waals surface area contributed by atoms with Gasteiger partial charge in [-0.2, -0.15) is 0 Å². The number of benzene rings is 1. The minimum atomic E-state index is -1.26. The van der Waals surface area contributed by atoms with Gasteiger partial charge >= 0.3 is 18.0 Å². The lowest BCUT2D eigenvalue weighted by molar-refractivity contribution is -0.222. The Balaban J connectivity index is 1.44. The number of nitrogens with one attached hydrogen (secondary N) is 2. The molecule has 0 bridgehead atoms. The van der Waals surface area contributed by atoms with Crippen molar-refractivity contribution in [3.8, 4) is 0 Å². The van der Waals surface area contributed by atoms with Gasteiger partial charge < -0.3 is 29.7 Å². The number of carbonyl (C=O) groups excluding carboxylic acids is 3. The van der Waals surface area contributed by atoms with Crippen LogP contribution in [0, 0.1) is 5.92 Å². The first kappa shape index (κ1) is 24.4. The van der Waals surface area contributed by atoms with Gasteiger partial charge in [-0.3, -0.25) is 0 Å². The molecule has 2 fully saturated rings. The standard InChI is InChI=1S/C24H33N3O6/c1-23(2,3)33-22(30)27-12-10-16(11-13-27)14-25-17-6-8-18(9-7-17)26-15-19-20(28)31-24(4,5)32-21(19)29/h6-9,15-16,25-26H,10-14H2,1-5H3. The van der Waals surface area contributed by atoms with Crippen LogP contribution < -0.4 is 10.6 Å². The molecular formula is C24H33N3O6. The molecule has 0 radical (unpaired) electrons. The van der Waals surface area contributed by atoms with E-state index >= 15 is 0 Å². The second kappa shape index (κ2) is 9.72. The normalized spacial score (nSPS) is 18.8. The first-order valence-corrected chi connectivity index (χ1v) is 11.2. The van der Waals surface area contributed by atoms with Gasteiger partial charge in [0.2, 0.25) is 0 Å². The molecule has 180 valence electrons. The molecule has 9 nitrogen and oxygen atoms in total. The second-order valence-corrected chi connectivity index (χ2v) is 9.75.